The summed E-state index contributed by atoms with van der Waals surface area (Å²) in [6, 6.07) is 0. The van der Waals surface area contributed by atoms with Crippen LogP contribution in [0, 0.1) is 0 Å². The number of hydrogen-bond acceptors (Lipinski definition) is 2. The van der Waals surface area contributed by atoms with E-state index in [1.807, 2.05) is 0 Å². The summed E-state index contributed by atoms with van der Waals surface area (Å²) in [5, 5.41) is 0. The lowest BCUT2D eigenvalue weighted by Gasteiger charge is -2.25. The van der Waals surface area contributed by atoms with Crippen molar-refractivity contribution in [2.75, 3.05) is 0 Å². The second-order valence-electron chi connectivity index (χ2n) is 4.04. The largest absolute Gasteiger partial charge is 0.291 e. The van der Waals surface area contributed by atoms with Gasteiger partial charge in [-0.05, 0) is 12.8 Å². The molecular formula is C9H16N2O. The van der Waals surface area contributed by atoms with E-state index in [2.05, 4.69) is 10.9 Å². The fourth-order valence-corrected chi connectivity index (χ4v) is 2.31. The third kappa shape index (κ3) is 1.46. The molecule has 2 fully saturated rings. The molecule has 3 nitrogen and oxygen atoms in total. The fraction of sp³-hybridized carbons (Fsp3) is 0.889. The van der Waals surface area contributed by atoms with Crippen molar-refractivity contribution < 1.29 is 4.79 Å². The minimum atomic E-state index is 0.119. The average Bonchev–Trinajstić information content (AvgIpc) is 2.30. The Hall–Kier alpha value is -0.570. The highest BCUT2D eigenvalue weighted by atomic mass is 16.2. The van der Waals surface area contributed by atoms with Crippen LogP contribution in [0.25, 0.3) is 0 Å². The Morgan fingerprint density at radius 2 is 1.75 bits per heavy atom. The maximum absolute atomic E-state index is 11.1. The van der Waals surface area contributed by atoms with Gasteiger partial charge in [-0.25, -0.2) is 5.43 Å². The van der Waals surface area contributed by atoms with Crippen molar-refractivity contribution in [1.29, 1.82) is 0 Å². The first-order chi connectivity index (χ1) is 5.81. The number of nitrogens with one attached hydrogen (secondary N) is 2. The lowest BCUT2D eigenvalue weighted by Crippen LogP contribution is -2.43. The van der Waals surface area contributed by atoms with Crippen molar-refractivity contribution >= 4 is 5.91 Å². The van der Waals surface area contributed by atoms with E-state index >= 15 is 0 Å². The summed E-state index contributed by atoms with van der Waals surface area (Å²) in [6.45, 7) is 0. The molecule has 2 rings (SSSR count). The molecule has 0 unspecified atom stereocenters. The smallest absolute Gasteiger partial charge is 0.236 e. The van der Waals surface area contributed by atoms with Gasteiger partial charge in [-0.2, -0.15) is 0 Å². The van der Waals surface area contributed by atoms with Gasteiger partial charge in [0.2, 0.25) is 5.91 Å². The molecule has 1 saturated heterocycles. The zero-order valence-electron chi connectivity index (χ0n) is 7.36. The van der Waals surface area contributed by atoms with Gasteiger partial charge in [-0.3, -0.25) is 10.2 Å². The molecule has 68 valence electrons. The molecule has 1 saturated carbocycles. The van der Waals surface area contributed by atoms with Gasteiger partial charge < -0.3 is 0 Å². The van der Waals surface area contributed by atoms with Gasteiger partial charge in [0.25, 0.3) is 0 Å². The van der Waals surface area contributed by atoms with E-state index in [0.717, 1.165) is 12.8 Å². The van der Waals surface area contributed by atoms with E-state index < -0.39 is 0 Å². The number of carbonyl (C=O) groups is 1. The van der Waals surface area contributed by atoms with Crippen LogP contribution in [0.3, 0.4) is 0 Å². The zero-order chi connectivity index (χ0) is 8.44. The van der Waals surface area contributed by atoms with Crippen molar-refractivity contribution in [2.45, 2.75) is 50.5 Å². The summed E-state index contributed by atoms with van der Waals surface area (Å²) >= 11 is 0. The van der Waals surface area contributed by atoms with Crippen LogP contribution in [0.1, 0.15) is 44.9 Å². The highest BCUT2D eigenvalue weighted by Crippen LogP contribution is 2.31. The summed E-state index contributed by atoms with van der Waals surface area (Å²) < 4.78 is 0. The molecule has 0 bridgehead atoms. The number of hydrazine groups is 1. The summed E-state index contributed by atoms with van der Waals surface area (Å²) in [4.78, 5) is 11.1. The normalized spacial score (nSPS) is 28.5. The highest BCUT2D eigenvalue weighted by Gasteiger charge is 2.37. The van der Waals surface area contributed by atoms with E-state index in [1.54, 1.807) is 0 Å². The third-order valence-electron chi connectivity index (χ3n) is 3.03. The Morgan fingerprint density at radius 3 is 2.25 bits per heavy atom. The second kappa shape index (κ2) is 3.05. The van der Waals surface area contributed by atoms with E-state index in [9.17, 15) is 4.79 Å². The van der Waals surface area contributed by atoms with Crippen molar-refractivity contribution in [3.05, 3.63) is 0 Å². The highest BCUT2D eigenvalue weighted by molar-refractivity contribution is 5.79. The van der Waals surface area contributed by atoms with Gasteiger partial charge in [0, 0.05) is 12.0 Å². The van der Waals surface area contributed by atoms with Crippen LogP contribution in [-0.4, -0.2) is 11.4 Å². The summed E-state index contributed by atoms with van der Waals surface area (Å²) in [6.07, 6.45) is 8.20. The molecule has 0 aromatic rings. The molecule has 1 aliphatic heterocycles. The van der Waals surface area contributed by atoms with Crippen LogP contribution >= 0.6 is 0 Å². The van der Waals surface area contributed by atoms with Crippen LogP contribution in [0.5, 0.6) is 0 Å². The molecule has 1 aliphatic carbocycles. The van der Waals surface area contributed by atoms with Gasteiger partial charge >= 0.3 is 0 Å². The maximum atomic E-state index is 11.1. The zero-order valence-corrected chi connectivity index (χ0v) is 7.36. The van der Waals surface area contributed by atoms with Crippen molar-refractivity contribution in [3.8, 4) is 0 Å². The fourth-order valence-electron chi connectivity index (χ4n) is 2.31. The summed E-state index contributed by atoms with van der Waals surface area (Å²) in [5.74, 6) is 0.164. The van der Waals surface area contributed by atoms with Crippen LogP contribution < -0.4 is 10.9 Å². The molecular weight excluding hydrogens is 152 g/mol. The minimum absolute atomic E-state index is 0.119. The number of rotatable bonds is 0. The monoisotopic (exact) mass is 168 g/mol. The molecule has 2 aliphatic rings. The third-order valence-corrected chi connectivity index (χ3v) is 3.03. The quantitative estimate of drug-likeness (QED) is 0.568. The Labute approximate surface area is 72.9 Å². The predicted molar refractivity (Wildman–Crippen MR) is 46.3 cm³/mol. The van der Waals surface area contributed by atoms with Gasteiger partial charge in [-0.15, -0.1) is 0 Å². The van der Waals surface area contributed by atoms with Crippen molar-refractivity contribution in [2.24, 2.45) is 0 Å². The number of carbonyl (C=O) groups excluding carboxylic acids is 1. The average molecular weight is 168 g/mol. The molecule has 0 aromatic heterocycles. The standard InChI is InChI=1S/C9H16N2O/c12-8-7-9(11-10-8)5-3-1-2-4-6-9/h11H,1-7H2,(H,10,12). The van der Waals surface area contributed by atoms with Crippen LogP contribution in [-0.2, 0) is 4.79 Å². The van der Waals surface area contributed by atoms with Crippen LogP contribution in [0.15, 0.2) is 0 Å². The van der Waals surface area contributed by atoms with E-state index in [1.165, 1.54) is 25.7 Å². The van der Waals surface area contributed by atoms with E-state index in [0.29, 0.717) is 6.42 Å². The molecule has 1 amide bonds. The summed E-state index contributed by atoms with van der Waals surface area (Å²) in [7, 11) is 0. The predicted octanol–water partition coefficient (Wildman–Crippen LogP) is 1.10. The minimum Gasteiger partial charge on any atom is -0.291 e. The molecule has 1 heterocycles. The second-order valence-corrected chi connectivity index (χ2v) is 4.04. The number of hydrogen-bond donors (Lipinski definition) is 2. The van der Waals surface area contributed by atoms with Crippen LogP contribution in [0.2, 0.25) is 0 Å². The topological polar surface area (TPSA) is 41.1 Å². The van der Waals surface area contributed by atoms with E-state index in [-0.39, 0.29) is 11.4 Å². The lowest BCUT2D eigenvalue weighted by molar-refractivity contribution is -0.119. The van der Waals surface area contributed by atoms with Crippen molar-refractivity contribution in [1.82, 2.24) is 10.9 Å². The SMILES string of the molecule is O=C1CC2(CCCCCC2)NN1. The molecule has 0 radical (unpaired) electrons. The maximum Gasteiger partial charge on any atom is 0.236 e. The lowest BCUT2D eigenvalue weighted by atomic mass is 9.89. The summed E-state index contributed by atoms with van der Waals surface area (Å²) in [5.41, 5.74) is 6.00. The van der Waals surface area contributed by atoms with Crippen LogP contribution in [0.4, 0.5) is 0 Å². The Balaban J connectivity index is 2.03. The van der Waals surface area contributed by atoms with Gasteiger partial charge in [0.15, 0.2) is 0 Å². The van der Waals surface area contributed by atoms with Gasteiger partial charge in [-0.1, -0.05) is 25.7 Å². The Morgan fingerprint density at radius 1 is 1.08 bits per heavy atom. The first kappa shape index (κ1) is 8.05. The molecule has 12 heavy (non-hydrogen) atoms. The Kier molecular flexibility index (Phi) is 2.05. The molecule has 0 aromatic carbocycles. The molecule has 2 N–H and O–H groups in total. The molecule has 3 heteroatoms. The van der Waals surface area contributed by atoms with Gasteiger partial charge in [0.05, 0.1) is 0 Å². The van der Waals surface area contributed by atoms with Gasteiger partial charge in [0.1, 0.15) is 0 Å². The number of amides is 1. The Bertz CT molecular complexity index is 183. The van der Waals surface area contributed by atoms with E-state index in [4.69, 9.17) is 0 Å². The molecule has 0 atom stereocenters. The first-order valence-corrected chi connectivity index (χ1v) is 4.87. The first-order valence-electron chi connectivity index (χ1n) is 4.87. The van der Waals surface area contributed by atoms with Crippen molar-refractivity contribution in [3.63, 3.8) is 0 Å². The molecule has 1 spiro atoms.